The molecule has 1 rings (SSSR count). The molecule has 5 heteroatoms. The Morgan fingerprint density at radius 3 is 2.87 bits per heavy atom. The first-order valence-electron chi connectivity index (χ1n) is 4.62. The number of hydrogen-bond acceptors (Lipinski definition) is 2. The maximum Gasteiger partial charge on any atom is 0.185 e. The number of ether oxygens (including phenoxy) is 1. The molecule has 0 unspecified atom stereocenters. The van der Waals surface area contributed by atoms with E-state index in [9.17, 15) is 0 Å². The van der Waals surface area contributed by atoms with Crippen molar-refractivity contribution in [3.8, 4) is 5.75 Å². The Hall–Kier alpha value is -1.42. The van der Waals surface area contributed by atoms with Gasteiger partial charge in [-0.25, -0.2) is 0 Å². The van der Waals surface area contributed by atoms with Crippen LogP contribution < -0.4 is 16.2 Å². The largest absolute Gasteiger partial charge is 0.493 e. The molecule has 0 fully saturated rings. The van der Waals surface area contributed by atoms with Gasteiger partial charge in [0, 0.05) is 18.0 Å². The molecule has 0 spiro atoms. The zero-order valence-corrected chi connectivity index (χ0v) is 9.07. The Morgan fingerprint density at radius 2 is 2.20 bits per heavy atom. The first-order chi connectivity index (χ1) is 7.18. The molecule has 0 saturated carbocycles. The van der Waals surface area contributed by atoms with Crippen LogP contribution in [0.15, 0.2) is 29.3 Å². The van der Waals surface area contributed by atoms with Crippen molar-refractivity contribution < 1.29 is 4.74 Å². The topological polar surface area (TPSA) is 73.6 Å². The van der Waals surface area contributed by atoms with Gasteiger partial charge in [-0.1, -0.05) is 17.7 Å². The maximum absolute atomic E-state index is 5.79. The zero-order valence-electron chi connectivity index (χ0n) is 8.32. The Balaban J connectivity index is 2.23. The van der Waals surface area contributed by atoms with Gasteiger partial charge in [0.15, 0.2) is 5.96 Å². The number of halogens is 1. The molecule has 82 valence electrons. The number of rotatable bonds is 5. The van der Waals surface area contributed by atoms with E-state index in [4.69, 9.17) is 27.8 Å². The first kappa shape index (κ1) is 11.7. The highest BCUT2D eigenvalue weighted by molar-refractivity contribution is 6.30. The average molecular weight is 228 g/mol. The van der Waals surface area contributed by atoms with E-state index in [0.29, 0.717) is 18.2 Å². The van der Waals surface area contributed by atoms with Gasteiger partial charge in [-0.15, -0.1) is 0 Å². The Kier molecular flexibility index (Phi) is 4.77. The molecule has 0 aliphatic heterocycles. The summed E-state index contributed by atoms with van der Waals surface area (Å²) in [5.41, 5.74) is 10.4. The Labute approximate surface area is 93.9 Å². The number of guanidine groups is 1. The molecule has 1 aromatic rings. The summed E-state index contributed by atoms with van der Waals surface area (Å²) >= 11 is 5.79. The van der Waals surface area contributed by atoms with Crippen molar-refractivity contribution in [3.63, 3.8) is 0 Å². The molecule has 0 aromatic heterocycles. The molecule has 1 aromatic carbocycles. The van der Waals surface area contributed by atoms with Crippen LogP contribution in [-0.2, 0) is 0 Å². The average Bonchev–Trinajstić information content (AvgIpc) is 2.17. The van der Waals surface area contributed by atoms with Crippen LogP contribution in [0.25, 0.3) is 0 Å². The van der Waals surface area contributed by atoms with Crippen LogP contribution in [0.1, 0.15) is 6.42 Å². The minimum atomic E-state index is 0.109. The minimum Gasteiger partial charge on any atom is -0.493 e. The molecule has 0 aliphatic carbocycles. The highest BCUT2D eigenvalue weighted by Gasteiger charge is 1.94. The van der Waals surface area contributed by atoms with Gasteiger partial charge >= 0.3 is 0 Å². The standard InChI is InChI=1S/C10H14ClN3O/c11-8-3-1-4-9(7-8)15-6-2-5-14-10(12)13/h1,3-4,7H,2,5-6H2,(H4,12,13,14). The molecule has 0 radical (unpaired) electrons. The molecule has 0 amide bonds. The lowest BCUT2D eigenvalue weighted by Gasteiger charge is -2.04. The number of nitrogens with two attached hydrogens (primary N) is 2. The van der Waals surface area contributed by atoms with Crippen LogP contribution in [0.2, 0.25) is 5.02 Å². The molecular weight excluding hydrogens is 214 g/mol. The second kappa shape index (κ2) is 6.14. The normalized spacial score (nSPS) is 9.67. The van der Waals surface area contributed by atoms with E-state index in [1.807, 2.05) is 12.1 Å². The van der Waals surface area contributed by atoms with Crippen molar-refractivity contribution in [1.29, 1.82) is 0 Å². The Morgan fingerprint density at radius 1 is 1.40 bits per heavy atom. The monoisotopic (exact) mass is 227 g/mol. The highest BCUT2D eigenvalue weighted by atomic mass is 35.5. The predicted octanol–water partition coefficient (Wildman–Crippen LogP) is 1.38. The van der Waals surface area contributed by atoms with Crippen LogP contribution >= 0.6 is 11.6 Å². The van der Waals surface area contributed by atoms with Crippen molar-refractivity contribution in [2.45, 2.75) is 6.42 Å². The number of hydrogen-bond donors (Lipinski definition) is 2. The van der Waals surface area contributed by atoms with Crippen molar-refractivity contribution >= 4 is 17.6 Å². The third-order valence-electron chi connectivity index (χ3n) is 1.66. The minimum absolute atomic E-state index is 0.109. The zero-order chi connectivity index (χ0) is 11.1. The van der Waals surface area contributed by atoms with Gasteiger partial charge in [-0.3, -0.25) is 4.99 Å². The smallest absolute Gasteiger partial charge is 0.185 e. The molecule has 0 atom stereocenters. The lowest BCUT2D eigenvalue weighted by molar-refractivity contribution is 0.313. The summed E-state index contributed by atoms with van der Waals surface area (Å²) in [7, 11) is 0. The summed E-state index contributed by atoms with van der Waals surface area (Å²) in [5.74, 6) is 0.866. The highest BCUT2D eigenvalue weighted by Crippen LogP contribution is 2.16. The fourth-order valence-electron chi connectivity index (χ4n) is 1.02. The third kappa shape index (κ3) is 5.12. The quantitative estimate of drug-likeness (QED) is 0.454. The van der Waals surface area contributed by atoms with Gasteiger partial charge in [0.25, 0.3) is 0 Å². The van der Waals surface area contributed by atoms with Gasteiger partial charge < -0.3 is 16.2 Å². The van der Waals surface area contributed by atoms with Gasteiger partial charge in [0.05, 0.1) is 6.61 Å². The summed E-state index contributed by atoms with van der Waals surface area (Å²) in [6.07, 6.45) is 0.768. The van der Waals surface area contributed by atoms with E-state index in [-0.39, 0.29) is 5.96 Å². The van der Waals surface area contributed by atoms with Crippen molar-refractivity contribution in [2.24, 2.45) is 16.5 Å². The molecule has 0 aliphatic rings. The van der Waals surface area contributed by atoms with E-state index in [0.717, 1.165) is 12.2 Å². The number of aliphatic imine (C=N–C) groups is 1. The molecule has 4 nitrogen and oxygen atoms in total. The van der Waals surface area contributed by atoms with Crippen LogP contribution in [0.5, 0.6) is 5.75 Å². The fraction of sp³-hybridized carbons (Fsp3) is 0.300. The third-order valence-corrected chi connectivity index (χ3v) is 1.90. The SMILES string of the molecule is NC(N)=NCCCOc1cccc(Cl)c1. The second-order valence-corrected chi connectivity index (χ2v) is 3.40. The number of benzene rings is 1. The van der Waals surface area contributed by atoms with E-state index in [1.165, 1.54) is 0 Å². The lowest BCUT2D eigenvalue weighted by Crippen LogP contribution is -2.23. The Bertz CT molecular complexity index is 337. The molecule has 0 saturated heterocycles. The molecule has 0 heterocycles. The second-order valence-electron chi connectivity index (χ2n) is 2.97. The first-order valence-corrected chi connectivity index (χ1v) is 5.00. The van der Waals surface area contributed by atoms with Gasteiger partial charge in [-0.05, 0) is 18.2 Å². The predicted molar refractivity (Wildman–Crippen MR) is 62.2 cm³/mol. The molecule has 0 bridgehead atoms. The van der Waals surface area contributed by atoms with Crippen LogP contribution in [0.3, 0.4) is 0 Å². The fourth-order valence-corrected chi connectivity index (χ4v) is 1.20. The van der Waals surface area contributed by atoms with E-state index < -0.39 is 0 Å². The van der Waals surface area contributed by atoms with Crippen LogP contribution in [-0.4, -0.2) is 19.1 Å². The van der Waals surface area contributed by atoms with Gasteiger partial charge in [-0.2, -0.15) is 0 Å². The van der Waals surface area contributed by atoms with Gasteiger partial charge in [0.2, 0.25) is 0 Å². The van der Waals surface area contributed by atoms with Gasteiger partial charge in [0.1, 0.15) is 5.75 Å². The summed E-state index contributed by atoms with van der Waals surface area (Å²) in [6.45, 7) is 1.14. The van der Waals surface area contributed by atoms with Crippen LogP contribution in [0.4, 0.5) is 0 Å². The summed E-state index contributed by atoms with van der Waals surface area (Å²) in [4.78, 5) is 3.84. The summed E-state index contributed by atoms with van der Waals surface area (Å²) in [5, 5.41) is 0.664. The molecular formula is C10H14ClN3O. The molecule has 4 N–H and O–H groups in total. The lowest BCUT2D eigenvalue weighted by atomic mass is 10.3. The maximum atomic E-state index is 5.79. The summed E-state index contributed by atoms with van der Waals surface area (Å²) in [6, 6.07) is 7.26. The van der Waals surface area contributed by atoms with E-state index in [1.54, 1.807) is 12.1 Å². The van der Waals surface area contributed by atoms with E-state index in [2.05, 4.69) is 4.99 Å². The summed E-state index contributed by atoms with van der Waals surface area (Å²) < 4.78 is 5.43. The van der Waals surface area contributed by atoms with Crippen molar-refractivity contribution in [1.82, 2.24) is 0 Å². The van der Waals surface area contributed by atoms with Crippen molar-refractivity contribution in [2.75, 3.05) is 13.2 Å². The van der Waals surface area contributed by atoms with E-state index >= 15 is 0 Å². The molecule has 15 heavy (non-hydrogen) atoms. The number of nitrogens with zero attached hydrogens (tertiary/aromatic N) is 1. The van der Waals surface area contributed by atoms with Crippen LogP contribution in [0, 0.1) is 0 Å². The van der Waals surface area contributed by atoms with Crippen molar-refractivity contribution in [3.05, 3.63) is 29.3 Å².